The summed E-state index contributed by atoms with van der Waals surface area (Å²) in [5.74, 6) is 1.05. The number of nitrogens with zero attached hydrogens (tertiary/aromatic N) is 5. The second-order valence-electron chi connectivity index (χ2n) is 4.10. The van der Waals surface area contributed by atoms with E-state index in [2.05, 4.69) is 15.2 Å². The van der Waals surface area contributed by atoms with E-state index in [1.165, 1.54) is 4.68 Å². The lowest BCUT2D eigenvalue weighted by Crippen LogP contribution is -2.25. The monoisotopic (exact) mass is 245 g/mol. The normalized spacial score (nSPS) is 11.3. The average Bonchev–Trinajstić information content (AvgIpc) is 2.91. The zero-order chi connectivity index (χ0) is 12.9. The van der Waals surface area contributed by atoms with Crippen LogP contribution in [0.2, 0.25) is 0 Å². The average molecular weight is 245 g/mol. The van der Waals surface area contributed by atoms with Crippen LogP contribution in [0.3, 0.4) is 0 Å². The van der Waals surface area contributed by atoms with Crippen LogP contribution in [0.1, 0.15) is 11.5 Å². The molecule has 0 fully saturated rings. The van der Waals surface area contributed by atoms with E-state index in [1.54, 1.807) is 30.9 Å². The molecule has 3 aromatic rings. The summed E-state index contributed by atoms with van der Waals surface area (Å²) in [7, 11) is 1.80. The van der Waals surface area contributed by atoms with Crippen molar-refractivity contribution < 1.29 is 4.52 Å². The number of aryl methyl sites for hydroxylation is 3. The molecule has 3 rings (SSSR count). The molecule has 0 radical (unpaired) electrons. The summed E-state index contributed by atoms with van der Waals surface area (Å²) < 4.78 is 8.00. The first-order valence-corrected chi connectivity index (χ1v) is 5.43. The molecule has 0 saturated heterocycles. The zero-order valence-electron chi connectivity index (χ0n) is 10.2. The van der Waals surface area contributed by atoms with Crippen LogP contribution < -0.4 is 5.56 Å². The molecule has 7 nitrogen and oxygen atoms in total. The van der Waals surface area contributed by atoms with E-state index in [0.717, 1.165) is 0 Å². The third-order valence-electron chi connectivity index (χ3n) is 2.85. The second-order valence-corrected chi connectivity index (χ2v) is 4.10. The Bertz CT molecular complexity index is 795. The smallest absolute Gasteiger partial charge is 0.304 e. The zero-order valence-corrected chi connectivity index (χ0v) is 10.2. The molecule has 0 saturated carbocycles. The SMILES string of the molecule is Cc1nn(-c2nccn2C)c(=O)c2noc(C)c12. The lowest BCUT2D eigenvalue weighted by molar-refractivity contribution is 0.405. The summed E-state index contributed by atoms with van der Waals surface area (Å²) in [5.41, 5.74) is 0.635. The Hall–Kier alpha value is -2.44. The Balaban J connectivity index is 2.43. The van der Waals surface area contributed by atoms with Crippen molar-refractivity contribution in [2.24, 2.45) is 7.05 Å². The van der Waals surface area contributed by atoms with Gasteiger partial charge in [0.05, 0.1) is 11.1 Å². The molecule has 0 N–H and O–H groups in total. The van der Waals surface area contributed by atoms with Gasteiger partial charge < -0.3 is 9.09 Å². The van der Waals surface area contributed by atoms with Gasteiger partial charge in [-0.05, 0) is 13.8 Å². The maximum atomic E-state index is 12.3. The van der Waals surface area contributed by atoms with Crippen molar-refractivity contribution in [1.29, 1.82) is 0 Å². The molecule has 0 aliphatic carbocycles. The minimum absolute atomic E-state index is 0.281. The molecule has 0 amide bonds. The second kappa shape index (κ2) is 3.52. The molecule has 3 aromatic heterocycles. The van der Waals surface area contributed by atoms with Gasteiger partial charge in [0.25, 0.3) is 0 Å². The minimum Gasteiger partial charge on any atom is -0.360 e. The molecular formula is C11H11N5O2. The fraction of sp³-hybridized carbons (Fsp3) is 0.273. The number of aromatic nitrogens is 5. The Labute approximate surface area is 102 Å². The van der Waals surface area contributed by atoms with E-state index in [0.29, 0.717) is 22.8 Å². The van der Waals surface area contributed by atoms with Crippen LogP contribution in [-0.4, -0.2) is 24.5 Å². The van der Waals surface area contributed by atoms with Crippen molar-refractivity contribution in [3.05, 3.63) is 34.2 Å². The third-order valence-corrected chi connectivity index (χ3v) is 2.85. The van der Waals surface area contributed by atoms with Crippen LogP contribution in [0.4, 0.5) is 0 Å². The van der Waals surface area contributed by atoms with Gasteiger partial charge in [-0.3, -0.25) is 4.79 Å². The number of hydrogen-bond acceptors (Lipinski definition) is 5. The van der Waals surface area contributed by atoms with Gasteiger partial charge in [-0.15, -0.1) is 0 Å². The Morgan fingerprint density at radius 2 is 2.11 bits per heavy atom. The predicted octanol–water partition coefficient (Wildman–Crippen LogP) is 0.724. The van der Waals surface area contributed by atoms with E-state index < -0.39 is 0 Å². The number of hydrogen-bond donors (Lipinski definition) is 0. The van der Waals surface area contributed by atoms with Crippen molar-refractivity contribution in [1.82, 2.24) is 24.5 Å². The van der Waals surface area contributed by atoms with Crippen molar-refractivity contribution >= 4 is 10.9 Å². The molecular weight excluding hydrogens is 234 g/mol. The molecule has 0 aliphatic rings. The van der Waals surface area contributed by atoms with E-state index in [1.807, 2.05) is 6.92 Å². The highest BCUT2D eigenvalue weighted by Crippen LogP contribution is 2.17. The highest BCUT2D eigenvalue weighted by molar-refractivity contribution is 5.81. The summed E-state index contributed by atoms with van der Waals surface area (Å²) in [4.78, 5) is 16.4. The van der Waals surface area contributed by atoms with Crippen LogP contribution in [0.5, 0.6) is 0 Å². The van der Waals surface area contributed by atoms with Crippen LogP contribution in [0.25, 0.3) is 16.9 Å². The maximum absolute atomic E-state index is 12.3. The quantitative estimate of drug-likeness (QED) is 0.631. The summed E-state index contributed by atoms with van der Waals surface area (Å²) in [5, 5.41) is 8.72. The van der Waals surface area contributed by atoms with Gasteiger partial charge in [-0.25, -0.2) is 4.98 Å². The highest BCUT2D eigenvalue weighted by Gasteiger charge is 2.17. The first-order chi connectivity index (χ1) is 8.59. The first-order valence-electron chi connectivity index (χ1n) is 5.43. The maximum Gasteiger partial charge on any atom is 0.304 e. The topological polar surface area (TPSA) is 78.7 Å². The molecule has 0 atom stereocenters. The van der Waals surface area contributed by atoms with Crippen LogP contribution >= 0.6 is 0 Å². The van der Waals surface area contributed by atoms with Gasteiger partial charge in [0.2, 0.25) is 5.95 Å². The molecule has 0 unspecified atom stereocenters. The lowest BCUT2D eigenvalue weighted by Gasteiger charge is -2.05. The van der Waals surface area contributed by atoms with Gasteiger partial charge in [-0.1, -0.05) is 5.16 Å². The van der Waals surface area contributed by atoms with Crippen LogP contribution in [0.15, 0.2) is 21.7 Å². The van der Waals surface area contributed by atoms with Gasteiger partial charge >= 0.3 is 5.56 Å². The fourth-order valence-electron chi connectivity index (χ4n) is 1.99. The Morgan fingerprint density at radius 3 is 2.78 bits per heavy atom. The molecule has 3 heterocycles. The summed E-state index contributed by atoms with van der Waals surface area (Å²) in [6.07, 6.45) is 3.36. The van der Waals surface area contributed by atoms with Crippen LogP contribution in [0, 0.1) is 13.8 Å². The summed E-state index contributed by atoms with van der Waals surface area (Å²) >= 11 is 0. The fourth-order valence-corrected chi connectivity index (χ4v) is 1.99. The Morgan fingerprint density at radius 1 is 1.33 bits per heavy atom. The van der Waals surface area contributed by atoms with Gasteiger partial charge in [0.15, 0.2) is 5.52 Å². The highest BCUT2D eigenvalue weighted by atomic mass is 16.5. The Kier molecular flexibility index (Phi) is 2.09. The van der Waals surface area contributed by atoms with Crippen molar-refractivity contribution in [2.75, 3.05) is 0 Å². The summed E-state index contributed by atoms with van der Waals surface area (Å²) in [6, 6.07) is 0. The van der Waals surface area contributed by atoms with Gasteiger partial charge in [-0.2, -0.15) is 9.78 Å². The molecule has 0 aliphatic heterocycles. The lowest BCUT2D eigenvalue weighted by atomic mass is 10.2. The predicted molar refractivity (Wildman–Crippen MR) is 63.6 cm³/mol. The number of rotatable bonds is 1. The van der Waals surface area contributed by atoms with Crippen molar-refractivity contribution in [3.63, 3.8) is 0 Å². The number of fused-ring (bicyclic) bond motifs is 1. The van der Waals surface area contributed by atoms with Gasteiger partial charge in [0, 0.05) is 19.4 Å². The van der Waals surface area contributed by atoms with E-state index >= 15 is 0 Å². The molecule has 18 heavy (non-hydrogen) atoms. The molecule has 0 spiro atoms. The van der Waals surface area contributed by atoms with Crippen molar-refractivity contribution in [2.45, 2.75) is 13.8 Å². The molecule has 7 heteroatoms. The summed E-state index contributed by atoms with van der Waals surface area (Å²) in [6.45, 7) is 3.57. The molecule has 92 valence electrons. The van der Waals surface area contributed by atoms with Crippen molar-refractivity contribution in [3.8, 4) is 5.95 Å². The van der Waals surface area contributed by atoms with Crippen LogP contribution in [-0.2, 0) is 7.05 Å². The largest absolute Gasteiger partial charge is 0.360 e. The van der Waals surface area contributed by atoms with E-state index in [4.69, 9.17) is 4.52 Å². The van der Waals surface area contributed by atoms with E-state index in [-0.39, 0.29) is 11.1 Å². The minimum atomic E-state index is -0.332. The third kappa shape index (κ3) is 1.30. The van der Waals surface area contributed by atoms with E-state index in [9.17, 15) is 4.79 Å². The molecule has 0 bridgehead atoms. The number of imidazole rings is 1. The van der Waals surface area contributed by atoms with Gasteiger partial charge in [0.1, 0.15) is 5.76 Å². The molecule has 0 aromatic carbocycles. The standard InChI is InChI=1S/C11H11N5O2/c1-6-8-7(2)18-14-9(8)10(17)16(13-6)11-12-4-5-15(11)3/h4-5H,1-3H3. The first kappa shape index (κ1) is 10.7.